The monoisotopic (exact) mass is 381 g/mol. The van der Waals surface area contributed by atoms with Crippen molar-refractivity contribution in [3.05, 3.63) is 59.9 Å². The lowest BCUT2D eigenvalue weighted by molar-refractivity contribution is -0.121. The fourth-order valence-electron chi connectivity index (χ4n) is 4.03. The Morgan fingerprint density at radius 3 is 2.54 bits per heavy atom. The smallest absolute Gasteiger partial charge is 0.224 e. The molecule has 28 heavy (non-hydrogen) atoms. The number of benzene rings is 1. The van der Waals surface area contributed by atoms with Crippen molar-refractivity contribution in [1.29, 1.82) is 0 Å². The summed E-state index contributed by atoms with van der Waals surface area (Å²) in [6.07, 6.45) is 6.55. The molecule has 1 aromatic heterocycles. The van der Waals surface area contributed by atoms with Gasteiger partial charge in [-0.25, -0.2) is 0 Å². The van der Waals surface area contributed by atoms with Crippen LogP contribution in [0.3, 0.4) is 0 Å². The Morgan fingerprint density at radius 1 is 1.18 bits per heavy atom. The maximum Gasteiger partial charge on any atom is 0.224 e. The lowest BCUT2D eigenvalue weighted by Gasteiger charge is -2.33. The zero-order valence-corrected chi connectivity index (χ0v) is 16.6. The third kappa shape index (κ3) is 5.55. The van der Waals surface area contributed by atoms with E-state index in [1.165, 1.54) is 0 Å². The Balaban J connectivity index is 1.66. The van der Waals surface area contributed by atoms with Gasteiger partial charge in [-0.2, -0.15) is 0 Å². The summed E-state index contributed by atoms with van der Waals surface area (Å²) in [5.74, 6) is 1.87. The Hall–Kier alpha value is -2.40. The number of rotatable bonds is 8. The Morgan fingerprint density at radius 2 is 1.93 bits per heavy atom. The highest BCUT2D eigenvalue weighted by atomic mass is 16.5. The number of pyridine rings is 1. The minimum atomic E-state index is -0.0462. The third-order valence-corrected chi connectivity index (χ3v) is 5.62. The molecule has 0 spiro atoms. The molecular formula is C23H31N3O2. The van der Waals surface area contributed by atoms with Crippen molar-refractivity contribution in [2.75, 3.05) is 13.2 Å². The van der Waals surface area contributed by atoms with E-state index in [-0.39, 0.29) is 11.9 Å². The molecule has 1 aliphatic carbocycles. The van der Waals surface area contributed by atoms with E-state index in [4.69, 9.17) is 10.5 Å². The van der Waals surface area contributed by atoms with Crippen LogP contribution in [0.4, 0.5) is 0 Å². The van der Waals surface area contributed by atoms with Crippen LogP contribution in [0.1, 0.15) is 49.9 Å². The number of aromatic nitrogens is 1. The predicted octanol–water partition coefficient (Wildman–Crippen LogP) is 3.65. The summed E-state index contributed by atoms with van der Waals surface area (Å²) in [5, 5.41) is 3.26. The van der Waals surface area contributed by atoms with E-state index in [0.717, 1.165) is 49.2 Å². The first-order valence-corrected chi connectivity index (χ1v) is 10.3. The molecule has 3 rings (SSSR count). The molecular weight excluding hydrogens is 350 g/mol. The molecule has 0 unspecified atom stereocenters. The molecule has 3 N–H and O–H groups in total. The molecule has 1 amide bonds. The molecule has 0 bridgehead atoms. The quantitative estimate of drug-likeness (QED) is 0.732. The highest BCUT2D eigenvalue weighted by molar-refractivity contribution is 5.79. The summed E-state index contributed by atoms with van der Waals surface area (Å²) in [7, 11) is 0. The van der Waals surface area contributed by atoms with E-state index in [1.54, 1.807) is 6.20 Å². The highest BCUT2D eigenvalue weighted by Crippen LogP contribution is 2.36. The van der Waals surface area contributed by atoms with Crippen molar-refractivity contribution < 1.29 is 9.53 Å². The van der Waals surface area contributed by atoms with Crippen LogP contribution in [0.5, 0.6) is 5.75 Å². The average molecular weight is 382 g/mol. The number of carbonyl (C=O) groups is 1. The molecule has 5 nitrogen and oxygen atoms in total. The van der Waals surface area contributed by atoms with Crippen LogP contribution in [-0.2, 0) is 11.2 Å². The van der Waals surface area contributed by atoms with Gasteiger partial charge >= 0.3 is 0 Å². The van der Waals surface area contributed by atoms with Gasteiger partial charge in [0.15, 0.2) is 0 Å². The molecule has 0 radical (unpaired) electrons. The molecule has 0 saturated heterocycles. The largest absolute Gasteiger partial charge is 0.494 e. The van der Waals surface area contributed by atoms with Crippen molar-refractivity contribution in [2.45, 2.75) is 45.1 Å². The van der Waals surface area contributed by atoms with Crippen LogP contribution in [0.2, 0.25) is 0 Å². The minimum Gasteiger partial charge on any atom is -0.494 e. The number of hydrogen-bond acceptors (Lipinski definition) is 4. The molecule has 150 valence electrons. The molecule has 1 atom stereocenters. The molecule has 1 heterocycles. The second-order valence-corrected chi connectivity index (χ2v) is 7.57. The molecule has 0 aliphatic heterocycles. The van der Waals surface area contributed by atoms with Gasteiger partial charge < -0.3 is 15.8 Å². The molecule has 5 heteroatoms. The summed E-state index contributed by atoms with van der Waals surface area (Å²) >= 11 is 0. The first-order valence-electron chi connectivity index (χ1n) is 10.3. The number of nitrogens with one attached hydrogen (secondary N) is 1. The fourth-order valence-corrected chi connectivity index (χ4v) is 4.03. The van der Waals surface area contributed by atoms with E-state index >= 15 is 0 Å². The first-order chi connectivity index (χ1) is 13.7. The second kappa shape index (κ2) is 10.2. The molecule has 2 aromatic rings. The van der Waals surface area contributed by atoms with Gasteiger partial charge in [0.2, 0.25) is 5.91 Å². The van der Waals surface area contributed by atoms with E-state index in [2.05, 4.69) is 10.3 Å². The summed E-state index contributed by atoms with van der Waals surface area (Å²) in [6, 6.07) is 13.6. The molecule has 1 fully saturated rings. The van der Waals surface area contributed by atoms with Crippen LogP contribution < -0.4 is 15.8 Å². The van der Waals surface area contributed by atoms with Crippen molar-refractivity contribution >= 4 is 5.91 Å². The van der Waals surface area contributed by atoms with Crippen LogP contribution in [-0.4, -0.2) is 24.0 Å². The van der Waals surface area contributed by atoms with E-state index in [0.29, 0.717) is 24.9 Å². The van der Waals surface area contributed by atoms with Gasteiger partial charge in [0.25, 0.3) is 0 Å². The minimum absolute atomic E-state index is 0.0285. The van der Waals surface area contributed by atoms with Crippen LogP contribution in [0.15, 0.2) is 48.7 Å². The van der Waals surface area contributed by atoms with E-state index in [9.17, 15) is 4.79 Å². The lowest BCUT2D eigenvalue weighted by atomic mass is 9.77. The van der Waals surface area contributed by atoms with Crippen molar-refractivity contribution in [3.63, 3.8) is 0 Å². The van der Waals surface area contributed by atoms with Crippen LogP contribution >= 0.6 is 0 Å². The number of nitrogens with two attached hydrogens (primary N) is 1. The maximum atomic E-state index is 12.8. The van der Waals surface area contributed by atoms with Gasteiger partial charge in [0, 0.05) is 6.20 Å². The van der Waals surface area contributed by atoms with Gasteiger partial charge in [0.1, 0.15) is 5.75 Å². The van der Waals surface area contributed by atoms with Crippen molar-refractivity contribution in [1.82, 2.24) is 10.3 Å². The van der Waals surface area contributed by atoms with Gasteiger partial charge in [-0.05, 0) is 80.8 Å². The fraction of sp³-hybridized carbons (Fsp3) is 0.478. The molecule has 1 aliphatic rings. The van der Waals surface area contributed by atoms with Gasteiger partial charge in [0.05, 0.1) is 24.8 Å². The maximum absolute atomic E-state index is 12.8. The van der Waals surface area contributed by atoms with Gasteiger partial charge in [-0.1, -0.05) is 18.2 Å². The van der Waals surface area contributed by atoms with Gasteiger partial charge in [-0.3, -0.25) is 9.78 Å². The normalized spacial score (nSPS) is 20.4. The Kier molecular flexibility index (Phi) is 7.43. The molecule has 1 aromatic carbocycles. The van der Waals surface area contributed by atoms with Gasteiger partial charge in [-0.15, -0.1) is 0 Å². The van der Waals surface area contributed by atoms with Crippen molar-refractivity contribution in [3.8, 4) is 5.75 Å². The van der Waals surface area contributed by atoms with Crippen LogP contribution in [0, 0.1) is 11.8 Å². The summed E-state index contributed by atoms with van der Waals surface area (Å²) < 4.78 is 5.47. The summed E-state index contributed by atoms with van der Waals surface area (Å²) in [6.45, 7) is 3.35. The summed E-state index contributed by atoms with van der Waals surface area (Å²) in [4.78, 5) is 17.3. The van der Waals surface area contributed by atoms with Crippen LogP contribution in [0.25, 0.3) is 0 Å². The van der Waals surface area contributed by atoms with Crippen molar-refractivity contribution in [2.24, 2.45) is 17.6 Å². The number of nitrogens with zero attached hydrogens (tertiary/aromatic N) is 1. The zero-order valence-electron chi connectivity index (χ0n) is 16.6. The predicted molar refractivity (Wildman–Crippen MR) is 111 cm³/mol. The summed E-state index contributed by atoms with van der Waals surface area (Å²) in [5.41, 5.74) is 7.76. The number of ether oxygens (including phenoxy) is 1. The second-order valence-electron chi connectivity index (χ2n) is 7.57. The SMILES string of the molecule is CCOc1ccc(CC(=O)N[C@@H](c2ccccn2)C2CCC(CN)CC2)cc1. The molecule has 1 saturated carbocycles. The number of hydrogen-bond donors (Lipinski definition) is 2. The highest BCUT2D eigenvalue weighted by Gasteiger charge is 2.30. The third-order valence-electron chi connectivity index (χ3n) is 5.62. The number of carbonyl (C=O) groups excluding carboxylic acids is 1. The average Bonchev–Trinajstić information content (AvgIpc) is 2.74. The Bertz CT molecular complexity index is 725. The Labute approximate surface area is 167 Å². The lowest BCUT2D eigenvalue weighted by Crippen LogP contribution is -2.37. The first kappa shape index (κ1) is 20.3. The topological polar surface area (TPSA) is 77.2 Å². The van der Waals surface area contributed by atoms with E-state index in [1.807, 2.05) is 49.4 Å². The number of amides is 1. The zero-order chi connectivity index (χ0) is 19.8. The standard InChI is InChI=1S/C23H31N3O2/c1-2-28-20-12-8-17(9-13-20)15-22(27)26-23(21-5-3-4-14-25-21)19-10-6-18(16-24)7-11-19/h3-5,8-9,12-14,18-19,23H,2,6-7,10-11,15-16,24H2,1H3,(H,26,27)/t18?,19?,23-/m1/s1. The van der Waals surface area contributed by atoms with E-state index < -0.39 is 0 Å².